The van der Waals surface area contributed by atoms with E-state index < -0.39 is 4.92 Å². The fourth-order valence-corrected chi connectivity index (χ4v) is 3.65. The predicted octanol–water partition coefficient (Wildman–Crippen LogP) is 3.46. The lowest BCUT2D eigenvalue weighted by molar-refractivity contribution is -0.385. The number of aryl methyl sites for hydroxylation is 2. The first-order chi connectivity index (χ1) is 13.9. The Morgan fingerprint density at radius 2 is 2.03 bits per heavy atom. The van der Waals surface area contributed by atoms with Crippen LogP contribution in [0.2, 0.25) is 0 Å². The van der Waals surface area contributed by atoms with E-state index in [0.717, 1.165) is 22.7 Å². The molecular formula is C19H16N6O3S. The maximum Gasteiger partial charge on any atom is 0.274 e. The second-order valence-corrected chi connectivity index (χ2v) is 7.38. The van der Waals surface area contributed by atoms with Crippen molar-refractivity contribution in [1.82, 2.24) is 19.7 Å². The molecular weight excluding hydrogens is 392 g/mol. The van der Waals surface area contributed by atoms with Gasteiger partial charge >= 0.3 is 0 Å². The van der Waals surface area contributed by atoms with Crippen LogP contribution < -0.4 is 5.32 Å². The molecule has 0 spiro atoms. The highest BCUT2D eigenvalue weighted by Crippen LogP contribution is 2.26. The van der Waals surface area contributed by atoms with Gasteiger partial charge in [0.05, 0.1) is 16.2 Å². The van der Waals surface area contributed by atoms with Crippen LogP contribution in [0, 0.1) is 17.0 Å². The summed E-state index contributed by atoms with van der Waals surface area (Å²) in [5, 5.41) is 23.4. The molecule has 1 amide bonds. The van der Waals surface area contributed by atoms with Crippen molar-refractivity contribution in [1.29, 1.82) is 0 Å². The molecule has 0 atom stereocenters. The molecule has 9 nitrogen and oxygen atoms in total. The SMILES string of the molecule is Cc1ccc(NC(=O)CSc2nnc3c4ccccc4n(C)c3n2)cc1[N+](=O)[O-]. The van der Waals surface area contributed by atoms with Crippen LogP contribution in [0.4, 0.5) is 11.4 Å². The Morgan fingerprint density at radius 1 is 1.24 bits per heavy atom. The van der Waals surface area contributed by atoms with Gasteiger partial charge in [-0.15, -0.1) is 10.2 Å². The zero-order chi connectivity index (χ0) is 20.5. The molecule has 2 aromatic carbocycles. The number of aromatic nitrogens is 4. The third-order valence-corrected chi connectivity index (χ3v) is 5.35. The lowest BCUT2D eigenvalue weighted by Crippen LogP contribution is -2.14. The maximum absolute atomic E-state index is 12.2. The second kappa shape index (κ2) is 7.47. The lowest BCUT2D eigenvalue weighted by atomic mass is 10.2. The van der Waals surface area contributed by atoms with Crippen LogP contribution in [0.3, 0.4) is 0 Å². The molecule has 4 rings (SSSR count). The smallest absolute Gasteiger partial charge is 0.274 e. The summed E-state index contributed by atoms with van der Waals surface area (Å²) in [5.41, 5.74) is 3.28. The van der Waals surface area contributed by atoms with Crippen molar-refractivity contribution in [2.75, 3.05) is 11.1 Å². The Labute approximate surface area is 169 Å². The minimum Gasteiger partial charge on any atom is -0.327 e. The molecule has 0 saturated heterocycles. The van der Waals surface area contributed by atoms with Crippen LogP contribution in [0.25, 0.3) is 22.1 Å². The number of fused-ring (bicyclic) bond motifs is 3. The third kappa shape index (κ3) is 3.61. The number of anilines is 1. The summed E-state index contributed by atoms with van der Waals surface area (Å²) in [6, 6.07) is 12.4. The van der Waals surface area contributed by atoms with Crippen LogP contribution in [-0.4, -0.2) is 36.3 Å². The van der Waals surface area contributed by atoms with Gasteiger partial charge in [0, 0.05) is 29.8 Å². The second-order valence-electron chi connectivity index (χ2n) is 6.44. The summed E-state index contributed by atoms with van der Waals surface area (Å²) in [5.74, 6) is -0.257. The predicted molar refractivity (Wildman–Crippen MR) is 111 cm³/mol. The Hall–Kier alpha value is -3.53. The zero-order valence-electron chi connectivity index (χ0n) is 15.6. The molecule has 2 heterocycles. The molecule has 10 heteroatoms. The molecule has 4 aromatic rings. The monoisotopic (exact) mass is 408 g/mol. The summed E-state index contributed by atoms with van der Waals surface area (Å²) in [6.45, 7) is 1.65. The van der Waals surface area contributed by atoms with Gasteiger partial charge in [-0.1, -0.05) is 36.0 Å². The standard InChI is InChI=1S/C19H16N6O3S/c1-11-7-8-12(9-15(11)25(27)28)20-16(26)10-29-19-21-18-17(22-23-19)13-5-3-4-6-14(13)24(18)2/h3-9H,10H2,1-2H3,(H,20,26). The van der Waals surface area contributed by atoms with Gasteiger partial charge in [0.1, 0.15) is 5.52 Å². The number of nitrogens with zero attached hydrogens (tertiary/aromatic N) is 5. The van der Waals surface area contributed by atoms with E-state index in [1.807, 2.05) is 35.9 Å². The molecule has 2 aromatic heterocycles. The van der Waals surface area contributed by atoms with Gasteiger partial charge in [-0.2, -0.15) is 0 Å². The van der Waals surface area contributed by atoms with Gasteiger partial charge < -0.3 is 9.88 Å². The van der Waals surface area contributed by atoms with Crippen molar-refractivity contribution >= 4 is 51.1 Å². The minimum absolute atomic E-state index is 0.0378. The minimum atomic E-state index is -0.474. The van der Waals surface area contributed by atoms with Gasteiger partial charge in [-0.25, -0.2) is 4.98 Å². The number of nitro groups is 1. The average Bonchev–Trinajstić information content (AvgIpc) is 3.00. The molecule has 1 N–H and O–H groups in total. The van der Waals surface area contributed by atoms with Crippen molar-refractivity contribution in [2.24, 2.45) is 7.05 Å². The topological polar surface area (TPSA) is 116 Å². The number of para-hydroxylation sites is 1. The molecule has 29 heavy (non-hydrogen) atoms. The quantitative estimate of drug-likeness (QED) is 0.305. The molecule has 0 saturated carbocycles. The fraction of sp³-hybridized carbons (Fsp3) is 0.158. The first-order valence-corrected chi connectivity index (χ1v) is 9.68. The van der Waals surface area contributed by atoms with Crippen molar-refractivity contribution < 1.29 is 9.72 Å². The van der Waals surface area contributed by atoms with Gasteiger partial charge in [0.2, 0.25) is 11.1 Å². The van der Waals surface area contributed by atoms with Gasteiger partial charge in [0.15, 0.2) is 5.65 Å². The van der Waals surface area contributed by atoms with Crippen molar-refractivity contribution in [3.63, 3.8) is 0 Å². The molecule has 146 valence electrons. The zero-order valence-corrected chi connectivity index (χ0v) is 16.4. The Bertz CT molecular complexity index is 1270. The van der Waals surface area contributed by atoms with E-state index in [9.17, 15) is 14.9 Å². The number of hydrogen-bond acceptors (Lipinski definition) is 7. The van der Waals surface area contributed by atoms with Crippen LogP contribution in [0.15, 0.2) is 47.6 Å². The average molecular weight is 408 g/mol. The first-order valence-electron chi connectivity index (χ1n) is 8.69. The largest absolute Gasteiger partial charge is 0.327 e. The highest BCUT2D eigenvalue weighted by Gasteiger charge is 2.15. The van der Waals surface area contributed by atoms with Gasteiger partial charge in [-0.3, -0.25) is 14.9 Å². The fourth-order valence-electron chi connectivity index (χ4n) is 3.06. The summed E-state index contributed by atoms with van der Waals surface area (Å²) in [7, 11) is 1.91. The molecule has 0 aliphatic heterocycles. The number of nitro benzene ring substituents is 1. The van der Waals surface area contributed by atoms with Crippen molar-refractivity contribution in [2.45, 2.75) is 12.1 Å². The Kier molecular flexibility index (Phi) is 4.85. The van der Waals surface area contributed by atoms with E-state index in [1.54, 1.807) is 19.1 Å². The van der Waals surface area contributed by atoms with Crippen molar-refractivity contribution in [3.05, 3.63) is 58.1 Å². The van der Waals surface area contributed by atoms with E-state index in [4.69, 9.17) is 0 Å². The van der Waals surface area contributed by atoms with Crippen LogP contribution in [-0.2, 0) is 11.8 Å². The van der Waals surface area contributed by atoms with E-state index >= 15 is 0 Å². The number of carbonyl (C=O) groups is 1. The van der Waals surface area contributed by atoms with E-state index in [1.165, 1.54) is 6.07 Å². The number of benzene rings is 2. The van der Waals surface area contributed by atoms with Crippen LogP contribution in [0.1, 0.15) is 5.56 Å². The Balaban J connectivity index is 1.49. The maximum atomic E-state index is 12.2. The third-order valence-electron chi connectivity index (χ3n) is 4.51. The molecule has 0 aliphatic carbocycles. The Morgan fingerprint density at radius 3 is 2.83 bits per heavy atom. The van der Waals surface area contributed by atoms with Gasteiger partial charge in [0.25, 0.3) is 5.69 Å². The first kappa shape index (κ1) is 18.8. The number of amides is 1. The molecule has 0 unspecified atom stereocenters. The normalized spacial score (nSPS) is 11.1. The summed E-state index contributed by atoms with van der Waals surface area (Å²) < 4.78 is 1.94. The van der Waals surface area contributed by atoms with E-state index in [-0.39, 0.29) is 17.3 Å². The number of nitrogens with one attached hydrogen (secondary N) is 1. The number of thioether (sulfide) groups is 1. The van der Waals surface area contributed by atoms with Crippen LogP contribution >= 0.6 is 11.8 Å². The molecule has 0 aliphatic rings. The summed E-state index contributed by atoms with van der Waals surface area (Å²) in [4.78, 5) is 27.3. The number of carbonyl (C=O) groups excluding carboxylic acids is 1. The number of hydrogen-bond donors (Lipinski definition) is 1. The van der Waals surface area contributed by atoms with Crippen molar-refractivity contribution in [3.8, 4) is 0 Å². The van der Waals surface area contributed by atoms with E-state index in [2.05, 4.69) is 20.5 Å². The summed E-state index contributed by atoms with van der Waals surface area (Å²) in [6.07, 6.45) is 0. The molecule has 0 radical (unpaired) electrons. The lowest BCUT2D eigenvalue weighted by Gasteiger charge is -2.06. The molecule has 0 fully saturated rings. The van der Waals surface area contributed by atoms with E-state index in [0.29, 0.717) is 27.6 Å². The molecule has 0 bridgehead atoms. The highest BCUT2D eigenvalue weighted by atomic mass is 32.2. The summed E-state index contributed by atoms with van der Waals surface area (Å²) >= 11 is 1.15. The van der Waals surface area contributed by atoms with Crippen LogP contribution in [0.5, 0.6) is 0 Å². The highest BCUT2D eigenvalue weighted by molar-refractivity contribution is 7.99. The van der Waals surface area contributed by atoms with Gasteiger partial charge in [-0.05, 0) is 19.1 Å². The number of rotatable bonds is 5.